The summed E-state index contributed by atoms with van der Waals surface area (Å²) in [4.78, 5) is 33.9. The van der Waals surface area contributed by atoms with Crippen molar-refractivity contribution >= 4 is 17.5 Å². The lowest BCUT2D eigenvalue weighted by atomic mass is 10.1. The smallest absolute Gasteiger partial charge is 0.270 e. The largest absolute Gasteiger partial charge is 0.353 e. The molecule has 1 rings (SSSR count). The Morgan fingerprint density at radius 3 is 2.68 bits per heavy atom. The molecular formula is C14H20N4O4. The summed E-state index contributed by atoms with van der Waals surface area (Å²) in [6.45, 7) is 5.44. The van der Waals surface area contributed by atoms with E-state index in [1.807, 2.05) is 6.92 Å². The van der Waals surface area contributed by atoms with Crippen molar-refractivity contribution in [2.75, 3.05) is 19.6 Å². The maximum atomic E-state index is 12.0. The molecule has 0 radical (unpaired) electrons. The lowest BCUT2D eigenvalue weighted by Crippen LogP contribution is -2.46. The molecule has 120 valence electrons. The molecule has 8 heteroatoms. The fourth-order valence-corrected chi connectivity index (χ4v) is 1.71. The number of nitrogens with one attached hydrogen (secondary N) is 3. The van der Waals surface area contributed by atoms with Crippen LogP contribution < -0.4 is 16.0 Å². The van der Waals surface area contributed by atoms with E-state index in [9.17, 15) is 19.7 Å². The summed E-state index contributed by atoms with van der Waals surface area (Å²) < 4.78 is 0. The first kappa shape index (κ1) is 17.6. The van der Waals surface area contributed by atoms with Crippen LogP contribution in [0, 0.1) is 10.1 Å². The first-order chi connectivity index (χ1) is 10.5. The zero-order valence-corrected chi connectivity index (χ0v) is 12.6. The second kappa shape index (κ2) is 8.73. The summed E-state index contributed by atoms with van der Waals surface area (Å²) in [5, 5.41) is 18.9. The van der Waals surface area contributed by atoms with Crippen LogP contribution in [0.15, 0.2) is 24.3 Å². The van der Waals surface area contributed by atoms with Crippen LogP contribution in [-0.2, 0) is 4.79 Å². The van der Waals surface area contributed by atoms with Crippen molar-refractivity contribution in [3.63, 3.8) is 0 Å². The molecule has 0 aromatic heterocycles. The van der Waals surface area contributed by atoms with E-state index in [1.54, 1.807) is 6.92 Å². The van der Waals surface area contributed by atoms with Gasteiger partial charge in [-0.1, -0.05) is 13.0 Å². The number of non-ortho nitro benzene ring substituents is 1. The van der Waals surface area contributed by atoms with E-state index in [-0.39, 0.29) is 17.2 Å². The van der Waals surface area contributed by atoms with Gasteiger partial charge in [-0.05, 0) is 19.5 Å². The minimum atomic E-state index is -0.728. The zero-order chi connectivity index (χ0) is 16.5. The van der Waals surface area contributed by atoms with Gasteiger partial charge in [-0.25, -0.2) is 0 Å². The second-order valence-corrected chi connectivity index (χ2v) is 4.65. The van der Waals surface area contributed by atoms with Gasteiger partial charge in [-0.15, -0.1) is 0 Å². The van der Waals surface area contributed by atoms with Gasteiger partial charge in [0.1, 0.15) is 6.04 Å². The SMILES string of the molecule is CCNCCNC(=O)C(C)NC(=O)c1cccc([N+](=O)[O-])c1. The number of nitro groups is 1. The summed E-state index contributed by atoms with van der Waals surface area (Å²) in [5.41, 5.74) is -0.0307. The number of nitro benzene ring substituents is 1. The third kappa shape index (κ3) is 5.49. The number of amides is 2. The first-order valence-electron chi connectivity index (χ1n) is 6.99. The molecule has 0 heterocycles. The Kier molecular flexibility index (Phi) is 6.97. The quantitative estimate of drug-likeness (QED) is 0.366. The van der Waals surface area contributed by atoms with Crippen molar-refractivity contribution < 1.29 is 14.5 Å². The standard InChI is InChI=1S/C14H20N4O4/c1-3-15-7-8-16-13(19)10(2)17-14(20)11-5-4-6-12(9-11)18(21)22/h4-6,9-10,15H,3,7-8H2,1-2H3,(H,16,19)(H,17,20). The van der Waals surface area contributed by atoms with Crippen molar-refractivity contribution in [3.8, 4) is 0 Å². The molecule has 1 aromatic rings. The predicted molar refractivity (Wildman–Crippen MR) is 81.6 cm³/mol. The van der Waals surface area contributed by atoms with Gasteiger partial charge in [-0.3, -0.25) is 19.7 Å². The number of hydrogen-bond acceptors (Lipinski definition) is 5. The number of carbonyl (C=O) groups excluding carboxylic acids is 2. The Labute approximate surface area is 128 Å². The number of hydrogen-bond donors (Lipinski definition) is 3. The van der Waals surface area contributed by atoms with E-state index < -0.39 is 16.9 Å². The average Bonchev–Trinajstić information content (AvgIpc) is 2.51. The van der Waals surface area contributed by atoms with Crippen molar-refractivity contribution in [2.24, 2.45) is 0 Å². The highest BCUT2D eigenvalue weighted by Crippen LogP contribution is 2.12. The van der Waals surface area contributed by atoms with Crippen LogP contribution in [0.4, 0.5) is 5.69 Å². The topological polar surface area (TPSA) is 113 Å². The Balaban J connectivity index is 2.54. The van der Waals surface area contributed by atoms with Gasteiger partial charge in [0.2, 0.25) is 5.91 Å². The number of nitrogens with zero attached hydrogens (tertiary/aromatic N) is 1. The van der Waals surface area contributed by atoms with Gasteiger partial charge in [-0.2, -0.15) is 0 Å². The maximum Gasteiger partial charge on any atom is 0.270 e. The third-order valence-corrected chi connectivity index (χ3v) is 2.91. The molecule has 0 bridgehead atoms. The van der Waals surface area contributed by atoms with Crippen LogP contribution in [0.1, 0.15) is 24.2 Å². The lowest BCUT2D eigenvalue weighted by molar-refractivity contribution is -0.384. The molecule has 0 aliphatic carbocycles. The Morgan fingerprint density at radius 2 is 2.05 bits per heavy atom. The number of carbonyl (C=O) groups is 2. The molecular weight excluding hydrogens is 288 g/mol. The van der Waals surface area contributed by atoms with Crippen molar-refractivity contribution in [1.29, 1.82) is 0 Å². The Hall–Kier alpha value is -2.48. The predicted octanol–water partition coefficient (Wildman–Crippen LogP) is 0.439. The molecule has 0 saturated carbocycles. The van der Waals surface area contributed by atoms with Crippen molar-refractivity contribution in [2.45, 2.75) is 19.9 Å². The van der Waals surface area contributed by atoms with E-state index in [1.165, 1.54) is 24.3 Å². The third-order valence-electron chi connectivity index (χ3n) is 2.91. The average molecular weight is 308 g/mol. The summed E-state index contributed by atoms with van der Waals surface area (Å²) in [6, 6.07) is 4.62. The highest BCUT2D eigenvalue weighted by atomic mass is 16.6. The molecule has 0 aliphatic heterocycles. The fraction of sp³-hybridized carbons (Fsp3) is 0.429. The van der Waals surface area contributed by atoms with E-state index >= 15 is 0 Å². The van der Waals surface area contributed by atoms with Crippen molar-refractivity contribution in [3.05, 3.63) is 39.9 Å². The first-order valence-corrected chi connectivity index (χ1v) is 6.99. The molecule has 3 N–H and O–H groups in total. The molecule has 2 amide bonds. The lowest BCUT2D eigenvalue weighted by Gasteiger charge is -2.14. The summed E-state index contributed by atoms with van der Waals surface area (Å²) in [7, 11) is 0. The molecule has 1 unspecified atom stereocenters. The van der Waals surface area contributed by atoms with Gasteiger partial charge < -0.3 is 16.0 Å². The highest BCUT2D eigenvalue weighted by Gasteiger charge is 2.17. The van der Waals surface area contributed by atoms with Crippen LogP contribution in [0.3, 0.4) is 0 Å². The van der Waals surface area contributed by atoms with Gasteiger partial charge in [0.05, 0.1) is 4.92 Å². The molecule has 1 aromatic carbocycles. The summed E-state index contributed by atoms with van der Waals surface area (Å²) >= 11 is 0. The summed E-state index contributed by atoms with van der Waals surface area (Å²) in [5.74, 6) is -0.838. The number of likely N-dealkylation sites (N-methyl/N-ethyl adjacent to an activating group) is 1. The maximum absolute atomic E-state index is 12.0. The molecule has 0 aliphatic rings. The normalized spacial score (nSPS) is 11.5. The molecule has 0 saturated heterocycles. The van der Waals surface area contributed by atoms with Crippen molar-refractivity contribution in [1.82, 2.24) is 16.0 Å². The summed E-state index contributed by atoms with van der Waals surface area (Å²) in [6.07, 6.45) is 0. The molecule has 8 nitrogen and oxygen atoms in total. The zero-order valence-electron chi connectivity index (χ0n) is 12.6. The monoisotopic (exact) mass is 308 g/mol. The van der Waals surface area contributed by atoms with E-state index in [4.69, 9.17) is 0 Å². The minimum Gasteiger partial charge on any atom is -0.353 e. The van der Waals surface area contributed by atoms with Crippen LogP contribution in [0.25, 0.3) is 0 Å². The highest BCUT2D eigenvalue weighted by molar-refractivity contribution is 5.97. The van der Waals surface area contributed by atoms with Gasteiger partial charge >= 0.3 is 0 Å². The number of rotatable bonds is 8. The van der Waals surface area contributed by atoms with Gasteiger partial charge in [0.15, 0.2) is 0 Å². The van der Waals surface area contributed by atoms with Gasteiger partial charge in [0, 0.05) is 30.8 Å². The molecule has 1 atom stereocenters. The Bertz CT molecular complexity index is 547. The molecule has 0 fully saturated rings. The second-order valence-electron chi connectivity index (χ2n) is 4.65. The van der Waals surface area contributed by atoms with Crippen LogP contribution in [-0.4, -0.2) is 42.4 Å². The van der Waals surface area contributed by atoms with E-state index in [2.05, 4.69) is 16.0 Å². The fourth-order valence-electron chi connectivity index (χ4n) is 1.71. The van der Waals surface area contributed by atoms with Gasteiger partial charge in [0.25, 0.3) is 11.6 Å². The van der Waals surface area contributed by atoms with E-state index in [0.29, 0.717) is 13.1 Å². The number of benzene rings is 1. The van der Waals surface area contributed by atoms with Crippen LogP contribution in [0.2, 0.25) is 0 Å². The molecule has 22 heavy (non-hydrogen) atoms. The molecule has 0 spiro atoms. The van der Waals surface area contributed by atoms with E-state index in [0.717, 1.165) is 6.54 Å². The Morgan fingerprint density at radius 1 is 1.32 bits per heavy atom. The van der Waals surface area contributed by atoms with Crippen LogP contribution in [0.5, 0.6) is 0 Å². The van der Waals surface area contributed by atoms with Crippen LogP contribution >= 0.6 is 0 Å². The minimum absolute atomic E-state index is 0.140.